The van der Waals surface area contributed by atoms with Crippen LogP contribution >= 0.6 is 0 Å². The van der Waals surface area contributed by atoms with Crippen LogP contribution in [0.15, 0.2) is 11.3 Å². The molecule has 0 bridgehead atoms. The number of nitrogens with one attached hydrogen (secondary N) is 1. The Labute approximate surface area is 143 Å². The Morgan fingerprint density at radius 1 is 1.16 bits per heavy atom. The quantitative estimate of drug-likeness (QED) is 0.505. The molecule has 0 atom stereocenters. The molecule has 0 aromatic carbocycles. The molecule has 1 saturated heterocycles. The van der Waals surface area contributed by atoms with Crippen molar-refractivity contribution in [2.45, 2.75) is 19.4 Å². The molecule has 2 aliphatic rings. The van der Waals surface area contributed by atoms with E-state index in [0.29, 0.717) is 9.80 Å². The number of hydrogen-bond acceptors (Lipinski definition) is 8. The number of nitrogens with zero attached hydrogens (tertiary/aromatic N) is 2. The third kappa shape index (κ3) is 2.53. The van der Waals surface area contributed by atoms with Crippen molar-refractivity contribution in [1.29, 1.82) is 0 Å². The third-order valence-corrected chi connectivity index (χ3v) is 3.91. The largest absolute Gasteiger partial charge is 0.465 e. The highest BCUT2D eigenvalue weighted by molar-refractivity contribution is 6.30. The summed E-state index contributed by atoms with van der Waals surface area (Å²) in [5.74, 6) is -4.28. The topological polar surface area (TPSA) is 122 Å². The molecule has 0 aliphatic carbocycles. The number of ether oxygens (including phenoxy) is 2. The van der Waals surface area contributed by atoms with Gasteiger partial charge in [0, 0.05) is 20.6 Å². The summed E-state index contributed by atoms with van der Waals surface area (Å²) in [6.45, 7) is 4.01. The zero-order chi connectivity index (χ0) is 19.1. The molecule has 136 valence electrons. The number of carbonyl (C=O) groups excluding carboxylic acids is 5. The third-order valence-electron chi connectivity index (χ3n) is 3.91. The Morgan fingerprint density at radius 3 is 2.12 bits per heavy atom. The molecule has 0 unspecified atom stereocenters. The molecule has 10 heteroatoms. The summed E-state index contributed by atoms with van der Waals surface area (Å²) < 4.78 is 9.72. The summed E-state index contributed by atoms with van der Waals surface area (Å²) in [6.07, 6.45) is 0. The molecule has 2 heterocycles. The van der Waals surface area contributed by atoms with Gasteiger partial charge in [-0.05, 0) is 5.92 Å². The number of urea groups is 1. The average Bonchev–Trinajstić information content (AvgIpc) is 2.87. The number of hydrogen-bond donors (Lipinski definition) is 1. The van der Waals surface area contributed by atoms with Gasteiger partial charge in [0.25, 0.3) is 11.8 Å². The molecule has 4 amide bonds. The Kier molecular flexibility index (Phi) is 4.56. The Morgan fingerprint density at radius 2 is 1.68 bits per heavy atom. The fourth-order valence-corrected chi connectivity index (χ4v) is 2.60. The van der Waals surface area contributed by atoms with Crippen LogP contribution in [0.1, 0.15) is 13.8 Å². The van der Waals surface area contributed by atoms with Gasteiger partial charge in [-0.15, -0.1) is 0 Å². The lowest BCUT2D eigenvalue weighted by Gasteiger charge is -2.38. The van der Waals surface area contributed by atoms with Crippen LogP contribution in [0.4, 0.5) is 4.79 Å². The predicted molar refractivity (Wildman–Crippen MR) is 81.6 cm³/mol. The van der Waals surface area contributed by atoms with Crippen molar-refractivity contribution < 1.29 is 33.4 Å². The SMILES string of the molecule is COC(=O)C1=C(NCC(C)C)C(=O)OC12C(=O)N(C)C(=O)N(C)C2=O. The van der Waals surface area contributed by atoms with Gasteiger partial charge in [0.1, 0.15) is 11.3 Å². The van der Waals surface area contributed by atoms with Crippen LogP contribution in [0.3, 0.4) is 0 Å². The number of rotatable bonds is 4. The summed E-state index contributed by atoms with van der Waals surface area (Å²) in [7, 11) is 3.29. The van der Waals surface area contributed by atoms with E-state index in [4.69, 9.17) is 4.74 Å². The number of barbiturate groups is 1. The lowest BCUT2D eigenvalue weighted by Crippen LogP contribution is -2.68. The summed E-state index contributed by atoms with van der Waals surface area (Å²) in [4.78, 5) is 63.1. The minimum Gasteiger partial charge on any atom is -0.465 e. The summed E-state index contributed by atoms with van der Waals surface area (Å²) in [5.41, 5.74) is -3.44. The van der Waals surface area contributed by atoms with E-state index in [9.17, 15) is 24.0 Å². The average molecular weight is 353 g/mol. The number of carbonyl (C=O) groups is 5. The van der Waals surface area contributed by atoms with Gasteiger partial charge in [-0.1, -0.05) is 13.8 Å². The maximum absolute atomic E-state index is 12.7. The number of esters is 2. The second-order valence-electron chi connectivity index (χ2n) is 6.10. The molecule has 25 heavy (non-hydrogen) atoms. The summed E-state index contributed by atoms with van der Waals surface area (Å²) in [5, 5.41) is 2.73. The second kappa shape index (κ2) is 6.19. The zero-order valence-electron chi connectivity index (χ0n) is 14.5. The number of likely N-dealkylation sites (N-methyl/N-ethyl adjacent to an activating group) is 2. The van der Waals surface area contributed by atoms with Crippen LogP contribution in [0, 0.1) is 5.92 Å². The first kappa shape index (κ1) is 18.4. The lowest BCUT2D eigenvalue weighted by molar-refractivity contribution is -0.176. The summed E-state index contributed by atoms with van der Waals surface area (Å²) >= 11 is 0. The van der Waals surface area contributed by atoms with E-state index in [0.717, 1.165) is 21.2 Å². The Hall–Kier alpha value is -2.91. The summed E-state index contributed by atoms with van der Waals surface area (Å²) in [6, 6.07) is -0.899. The molecule has 2 rings (SSSR count). The fraction of sp³-hybridized carbons (Fsp3) is 0.533. The highest BCUT2D eigenvalue weighted by Gasteiger charge is 2.68. The van der Waals surface area contributed by atoms with Crippen molar-refractivity contribution in [3.63, 3.8) is 0 Å². The number of methoxy groups -OCH3 is 1. The first-order valence-electron chi connectivity index (χ1n) is 7.50. The van der Waals surface area contributed by atoms with Crippen molar-refractivity contribution >= 4 is 29.8 Å². The van der Waals surface area contributed by atoms with Gasteiger partial charge in [-0.25, -0.2) is 14.4 Å². The normalized spacial score (nSPS) is 19.9. The molecule has 1 N–H and O–H groups in total. The Balaban J connectivity index is 2.67. The molecular weight excluding hydrogens is 334 g/mol. The second-order valence-corrected chi connectivity index (χ2v) is 6.10. The van der Waals surface area contributed by atoms with E-state index in [1.54, 1.807) is 0 Å². The maximum Gasteiger partial charge on any atom is 0.357 e. The molecule has 1 fully saturated rings. The molecule has 0 radical (unpaired) electrons. The molecule has 10 nitrogen and oxygen atoms in total. The standard InChI is InChI=1S/C15H19N3O7/c1-7(2)6-16-9-8(10(19)24-5)15(25-11(9)20)12(21)17(3)14(23)18(4)13(15)22/h7,16H,6H2,1-5H3. The van der Waals surface area contributed by atoms with E-state index in [2.05, 4.69) is 10.1 Å². The molecule has 1 spiro atoms. The van der Waals surface area contributed by atoms with Crippen LogP contribution in [0.25, 0.3) is 0 Å². The van der Waals surface area contributed by atoms with Crippen molar-refractivity contribution in [2.24, 2.45) is 5.92 Å². The van der Waals surface area contributed by atoms with Crippen molar-refractivity contribution in [2.75, 3.05) is 27.7 Å². The van der Waals surface area contributed by atoms with E-state index < -0.39 is 41.0 Å². The van der Waals surface area contributed by atoms with Gasteiger partial charge in [-0.3, -0.25) is 19.4 Å². The Bertz CT molecular complexity index is 686. The van der Waals surface area contributed by atoms with Gasteiger partial charge < -0.3 is 14.8 Å². The van der Waals surface area contributed by atoms with Crippen molar-refractivity contribution in [1.82, 2.24) is 15.1 Å². The van der Waals surface area contributed by atoms with Crippen molar-refractivity contribution in [3.8, 4) is 0 Å². The van der Waals surface area contributed by atoms with Crippen LogP contribution in [0.5, 0.6) is 0 Å². The molecule has 0 saturated carbocycles. The van der Waals surface area contributed by atoms with Gasteiger partial charge in [0.05, 0.1) is 7.11 Å². The minimum absolute atomic E-state index is 0.0976. The first-order chi connectivity index (χ1) is 11.6. The van der Waals surface area contributed by atoms with Crippen LogP contribution in [-0.4, -0.2) is 72.9 Å². The van der Waals surface area contributed by atoms with Crippen LogP contribution < -0.4 is 5.32 Å². The van der Waals surface area contributed by atoms with Crippen LogP contribution in [0.2, 0.25) is 0 Å². The van der Waals surface area contributed by atoms with E-state index in [1.165, 1.54) is 0 Å². The molecule has 0 aromatic heterocycles. The van der Waals surface area contributed by atoms with E-state index in [-0.39, 0.29) is 18.2 Å². The smallest absolute Gasteiger partial charge is 0.357 e. The minimum atomic E-state index is -2.57. The monoisotopic (exact) mass is 353 g/mol. The first-order valence-corrected chi connectivity index (χ1v) is 7.50. The number of imide groups is 2. The van der Waals surface area contributed by atoms with Gasteiger partial charge in [-0.2, -0.15) is 0 Å². The van der Waals surface area contributed by atoms with Gasteiger partial charge in [0.15, 0.2) is 0 Å². The lowest BCUT2D eigenvalue weighted by atomic mass is 9.88. The van der Waals surface area contributed by atoms with E-state index >= 15 is 0 Å². The molecule has 2 aliphatic heterocycles. The van der Waals surface area contributed by atoms with Gasteiger partial charge in [0.2, 0.25) is 0 Å². The van der Waals surface area contributed by atoms with E-state index in [1.807, 2.05) is 13.8 Å². The number of amides is 4. The van der Waals surface area contributed by atoms with Crippen molar-refractivity contribution in [3.05, 3.63) is 11.3 Å². The highest BCUT2D eigenvalue weighted by atomic mass is 16.6. The fourth-order valence-electron chi connectivity index (χ4n) is 2.60. The molecule has 0 aromatic rings. The maximum atomic E-state index is 12.7. The molecular formula is C15H19N3O7. The highest BCUT2D eigenvalue weighted by Crippen LogP contribution is 2.38. The van der Waals surface area contributed by atoms with Gasteiger partial charge >= 0.3 is 23.6 Å². The van der Waals surface area contributed by atoms with Crippen LogP contribution in [-0.2, 0) is 28.7 Å². The zero-order valence-corrected chi connectivity index (χ0v) is 14.5. The predicted octanol–water partition coefficient (Wildman–Crippen LogP) is -0.995.